The van der Waals surface area contributed by atoms with E-state index in [4.69, 9.17) is 4.74 Å². The lowest BCUT2D eigenvalue weighted by Gasteiger charge is -2.32. The number of hydrogen-bond donors (Lipinski definition) is 2. The highest BCUT2D eigenvalue weighted by Crippen LogP contribution is 2.30. The molecule has 2 rings (SSSR count). The van der Waals surface area contributed by atoms with Crippen LogP contribution >= 0.6 is 0 Å². The molecule has 0 aromatic heterocycles. The van der Waals surface area contributed by atoms with Crippen LogP contribution in [0, 0.1) is 13.8 Å². The van der Waals surface area contributed by atoms with Gasteiger partial charge in [0.2, 0.25) is 0 Å². The van der Waals surface area contributed by atoms with Crippen LogP contribution in [0.5, 0.6) is 5.75 Å². The standard InChI is InChI=1S/C14H22N2O/c1-9-7-12(13(17-4)8-10(9)2)14-11(3)15-5-6-16-14/h7-8,11,14-16H,5-6H2,1-4H3. The monoisotopic (exact) mass is 234 g/mol. The van der Waals surface area contributed by atoms with Gasteiger partial charge >= 0.3 is 0 Å². The quantitative estimate of drug-likeness (QED) is 0.820. The van der Waals surface area contributed by atoms with Crippen LogP contribution in [-0.2, 0) is 0 Å². The normalized spacial score (nSPS) is 24.7. The first-order chi connectivity index (χ1) is 8.13. The van der Waals surface area contributed by atoms with Gasteiger partial charge in [-0.3, -0.25) is 0 Å². The Bertz CT molecular complexity index is 403. The number of piperazine rings is 1. The van der Waals surface area contributed by atoms with E-state index in [-0.39, 0.29) is 0 Å². The predicted octanol–water partition coefficient (Wildman–Crippen LogP) is 1.93. The first-order valence-electron chi connectivity index (χ1n) is 6.25. The zero-order chi connectivity index (χ0) is 12.4. The molecule has 0 radical (unpaired) electrons. The summed E-state index contributed by atoms with van der Waals surface area (Å²) < 4.78 is 5.51. The molecule has 2 atom stereocenters. The second-order valence-corrected chi connectivity index (χ2v) is 4.85. The summed E-state index contributed by atoms with van der Waals surface area (Å²) >= 11 is 0. The molecule has 0 spiro atoms. The summed E-state index contributed by atoms with van der Waals surface area (Å²) in [6.07, 6.45) is 0. The van der Waals surface area contributed by atoms with Crippen molar-refractivity contribution in [2.24, 2.45) is 0 Å². The van der Waals surface area contributed by atoms with Crippen LogP contribution in [0.1, 0.15) is 29.7 Å². The highest BCUT2D eigenvalue weighted by atomic mass is 16.5. The van der Waals surface area contributed by atoms with E-state index in [0.717, 1.165) is 18.8 Å². The molecule has 0 saturated carbocycles. The molecule has 0 bridgehead atoms. The fraction of sp³-hybridized carbons (Fsp3) is 0.571. The number of ether oxygens (including phenoxy) is 1. The predicted molar refractivity (Wildman–Crippen MR) is 70.7 cm³/mol. The van der Waals surface area contributed by atoms with Crippen LogP contribution in [0.25, 0.3) is 0 Å². The molecule has 0 amide bonds. The maximum Gasteiger partial charge on any atom is 0.123 e. The van der Waals surface area contributed by atoms with E-state index in [1.807, 2.05) is 0 Å². The smallest absolute Gasteiger partial charge is 0.123 e. The third-order valence-corrected chi connectivity index (χ3v) is 3.64. The van der Waals surface area contributed by atoms with Crippen LogP contribution in [0.4, 0.5) is 0 Å². The van der Waals surface area contributed by atoms with E-state index in [1.54, 1.807) is 7.11 Å². The van der Waals surface area contributed by atoms with E-state index >= 15 is 0 Å². The fourth-order valence-corrected chi connectivity index (χ4v) is 2.43. The molecule has 0 aliphatic carbocycles. The van der Waals surface area contributed by atoms with Gasteiger partial charge in [0.25, 0.3) is 0 Å². The lowest BCUT2D eigenvalue weighted by molar-refractivity contribution is 0.330. The SMILES string of the molecule is COc1cc(C)c(C)cc1C1NCCNC1C. The summed E-state index contributed by atoms with van der Waals surface area (Å²) in [6, 6.07) is 5.14. The highest BCUT2D eigenvalue weighted by molar-refractivity contribution is 5.44. The van der Waals surface area contributed by atoms with Gasteiger partial charge in [-0.15, -0.1) is 0 Å². The highest BCUT2D eigenvalue weighted by Gasteiger charge is 2.25. The Balaban J connectivity index is 2.38. The second kappa shape index (κ2) is 5.07. The second-order valence-electron chi connectivity index (χ2n) is 4.85. The summed E-state index contributed by atoms with van der Waals surface area (Å²) in [7, 11) is 1.74. The van der Waals surface area contributed by atoms with Crippen molar-refractivity contribution in [1.82, 2.24) is 10.6 Å². The van der Waals surface area contributed by atoms with Gasteiger partial charge in [0.15, 0.2) is 0 Å². The average molecular weight is 234 g/mol. The molecule has 1 fully saturated rings. The molecule has 3 heteroatoms. The summed E-state index contributed by atoms with van der Waals surface area (Å²) in [4.78, 5) is 0. The molecule has 2 unspecified atom stereocenters. The molecule has 1 aromatic carbocycles. The minimum absolute atomic E-state index is 0.331. The molecule has 17 heavy (non-hydrogen) atoms. The van der Waals surface area contributed by atoms with E-state index < -0.39 is 0 Å². The molecule has 2 N–H and O–H groups in total. The van der Waals surface area contributed by atoms with E-state index in [9.17, 15) is 0 Å². The lowest BCUT2D eigenvalue weighted by Crippen LogP contribution is -2.49. The van der Waals surface area contributed by atoms with Gasteiger partial charge in [0.1, 0.15) is 5.75 Å². The zero-order valence-electron chi connectivity index (χ0n) is 11.1. The topological polar surface area (TPSA) is 33.3 Å². The summed E-state index contributed by atoms with van der Waals surface area (Å²) in [5, 5.41) is 7.06. The Kier molecular flexibility index (Phi) is 3.69. The van der Waals surface area contributed by atoms with Crippen LogP contribution in [0.2, 0.25) is 0 Å². The first-order valence-corrected chi connectivity index (χ1v) is 6.25. The zero-order valence-corrected chi connectivity index (χ0v) is 11.1. The first kappa shape index (κ1) is 12.4. The van der Waals surface area contributed by atoms with Crippen molar-refractivity contribution in [3.8, 4) is 5.75 Å². The van der Waals surface area contributed by atoms with Gasteiger partial charge in [-0.1, -0.05) is 6.07 Å². The van der Waals surface area contributed by atoms with Crippen molar-refractivity contribution in [2.75, 3.05) is 20.2 Å². The van der Waals surface area contributed by atoms with Gasteiger partial charge in [0.05, 0.1) is 13.2 Å². The summed E-state index contributed by atoms with van der Waals surface area (Å²) in [5.41, 5.74) is 3.86. The molecule has 1 aromatic rings. The Hall–Kier alpha value is -1.06. The third kappa shape index (κ3) is 2.45. The lowest BCUT2D eigenvalue weighted by atomic mass is 9.94. The van der Waals surface area contributed by atoms with Crippen molar-refractivity contribution in [2.45, 2.75) is 32.9 Å². The molecule has 1 heterocycles. The molecule has 1 saturated heterocycles. The molecule has 1 aliphatic heterocycles. The Morgan fingerprint density at radius 3 is 2.41 bits per heavy atom. The fourth-order valence-electron chi connectivity index (χ4n) is 2.43. The molecular weight excluding hydrogens is 212 g/mol. The summed E-state index contributed by atoms with van der Waals surface area (Å²) in [6.45, 7) is 8.53. The van der Waals surface area contributed by atoms with Crippen molar-refractivity contribution in [1.29, 1.82) is 0 Å². The van der Waals surface area contributed by atoms with E-state index in [0.29, 0.717) is 12.1 Å². The van der Waals surface area contributed by atoms with E-state index in [2.05, 4.69) is 43.5 Å². The minimum Gasteiger partial charge on any atom is -0.496 e. The number of hydrogen-bond acceptors (Lipinski definition) is 3. The number of methoxy groups -OCH3 is 1. The molecule has 1 aliphatic rings. The van der Waals surface area contributed by atoms with Crippen molar-refractivity contribution >= 4 is 0 Å². The van der Waals surface area contributed by atoms with Gasteiger partial charge < -0.3 is 15.4 Å². The average Bonchev–Trinajstić information content (AvgIpc) is 2.33. The van der Waals surface area contributed by atoms with Crippen LogP contribution in [-0.4, -0.2) is 26.2 Å². The van der Waals surface area contributed by atoms with E-state index in [1.165, 1.54) is 16.7 Å². The Labute approximate surface area is 104 Å². The third-order valence-electron chi connectivity index (χ3n) is 3.64. The molecule has 3 nitrogen and oxygen atoms in total. The van der Waals surface area contributed by atoms with Crippen molar-refractivity contribution in [3.63, 3.8) is 0 Å². The summed E-state index contributed by atoms with van der Waals surface area (Å²) in [5.74, 6) is 0.987. The number of rotatable bonds is 2. The van der Waals surface area contributed by atoms with Crippen LogP contribution in [0.15, 0.2) is 12.1 Å². The Morgan fingerprint density at radius 1 is 1.12 bits per heavy atom. The largest absolute Gasteiger partial charge is 0.496 e. The number of benzene rings is 1. The van der Waals surface area contributed by atoms with Crippen molar-refractivity contribution in [3.05, 3.63) is 28.8 Å². The van der Waals surface area contributed by atoms with Gasteiger partial charge in [-0.2, -0.15) is 0 Å². The Morgan fingerprint density at radius 2 is 1.76 bits per heavy atom. The minimum atomic E-state index is 0.331. The molecular formula is C14H22N2O. The van der Waals surface area contributed by atoms with Gasteiger partial charge in [-0.25, -0.2) is 0 Å². The van der Waals surface area contributed by atoms with Crippen LogP contribution in [0.3, 0.4) is 0 Å². The molecule has 94 valence electrons. The van der Waals surface area contributed by atoms with Gasteiger partial charge in [-0.05, 0) is 38.0 Å². The van der Waals surface area contributed by atoms with Gasteiger partial charge in [0, 0.05) is 24.7 Å². The van der Waals surface area contributed by atoms with Crippen molar-refractivity contribution < 1.29 is 4.74 Å². The number of nitrogens with one attached hydrogen (secondary N) is 2. The maximum absolute atomic E-state index is 5.51. The maximum atomic E-state index is 5.51. The van der Waals surface area contributed by atoms with Crippen LogP contribution < -0.4 is 15.4 Å². The number of aryl methyl sites for hydroxylation is 2.